The molecular weight excluding hydrogens is 350 g/mol. The average molecular weight is 375 g/mol. The van der Waals surface area contributed by atoms with Crippen molar-refractivity contribution >= 4 is 27.5 Å². The van der Waals surface area contributed by atoms with E-state index in [0.717, 1.165) is 39.7 Å². The molecule has 1 aliphatic carbocycles. The van der Waals surface area contributed by atoms with Gasteiger partial charge in [0.05, 0.1) is 11.6 Å². The summed E-state index contributed by atoms with van der Waals surface area (Å²) in [5.41, 5.74) is 1.16. The number of benzene rings is 1. The van der Waals surface area contributed by atoms with Crippen LogP contribution in [0.5, 0.6) is 5.75 Å². The second-order valence-corrected chi connectivity index (χ2v) is 7.14. The number of nitrogens with one attached hydrogen (secondary N) is 1. The Morgan fingerprint density at radius 3 is 2.71 bits per heavy atom. The molecule has 1 atom stereocenters. The first kappa shape index (κ1) is 17.1. The summed E-state index contributed by atoms with van der Waals surface area (Å²) in [6.07, 6.45) is 8.03. The van der Waals surface area contributed by atoms with Crippen LogP contribution in [-0.2, 0) is 0 Å². The Labute approximate surface area is 141 Å². The zero-order valence-corrected chi connectivity index (χ0v) is 15.3. The summed E-state index contributed by atoms with van der Waals surface area (Å²) in [4.78, 5) is 0. The van der Waals surface area contributed by atoms with Crippen LogP contribution in [0.2, 0.25) is 5.02 Å². The van der Waals surface area contributed by atoms with Crippen molar-refractivity contribution in [3.05, 3.63) is 27.2 Å². The normalized spacial score (nSPS) is 17.1. The van der Waals surface area contributed by atoms with Crippen molar-refractivity contribution < 1.29 is 4.74 Å². The fourth-order valence-electron chi connectivity index (χ4n) is 3.37. The largest absolute Gasteiger partial charge is 0.495 e. The van der Waals surface area contributed by atoms with E-state index in [-0.39, 0.29) is 0 Å². The topological polar surface area (TPSA) is 21.3 Å². The van der Waals surface area contributed by atoms with Gasteiger partial charge in [-0.2, -0.15) is 0 Å². The molecule has 1 unspecified atom stereocenters. The van der Waals surface area contributed by atoms with Crippen molar-refractivity contribution in [2.45, 2.75) is 51.5 Å². The molecule has 2 nitrogen and oxygen atoms in total. The van der Waals surface area contributed by atoms with Crippen molar-refractivity contribution in [3.8, 4) is 5.75 Å². The van der Waals surface area contributed by atoms with Crippen LogP contribution in [0.1, 0.15) is 57.1 Å². The molecule has 0 saturated heterocycles. The monoisotopic (exact) mass is 373 g/mol. The van der Waals surface area contributed by atoms with Gasteiger partial charge in [-0.1, -0.05) is 44.2 Å². The summed E-state index contributed by atoms with van der Waals surface area (Å²) >= 11 is 9.79. The molecular formula is C17H25BrClNO. The third-order valence-electron chi connectivity index (χ3n) is 4.41. The van der Waals surface area contributed by atoms with Crippen LogP contribution < -0.4 is 10.1 Å². The van der Waals surface area contributed by atoms with Gasteiger partial charge in [-0.25, -0.2) is 0 Å². The number of methoxy groups -OCH3 is 1. The predicted octanol–water partition coefficient (Wildman–Crippen LogP) is 5.73. The smallest absolute Gasteiger partial charge is 0.137 e. The van der Waals surface area contributed by atoms with E-state index in [1.807, 2.05) is 12.1 Å². The Morgan fingerprint density at radius 2 is 2.10 bits per heavy atom. The lowest BCUT2D eigenvalue weighted by molar-refractivity contribution is 0.379. The lowest BCUT2D eigenvalue weighted by Crippen LogP contribution is -2.22. The molecule has 1 aliphatic rings. The van der Waals surface area contributed by atoms with Gasteiger partial charge in [-0.3, -0.25) is 0 Å². The quantitative estimate of drug-likeness (QED) is 0.658. The van der Waals surface area contributed by atoms with Gasteiger partial charge in [0.1, 0.15) is 5.75 Å². The van der Waals surface area contributed by atoms with Crippen LogP contribution in [0.15, 0.2) is 16.6 Å². The Morgan fingerprint density at radius 1 is 1.38 bits per heavy atom. The van der Waals surface area contributed by atoms with Gasteiger partial charge in [0.25, 0.3) is 0 Å². The van der Waals surface area contributed by atoms with E-state index in [9.17, 15) is 0 Å². The van der Waals surface area contributed by atoms with Crippen LogP contribution in [0.3, 0.4) is 0 Å². The Hall–Kier alpha value is -0.250. The molecule has 0 amide bonds. The highest BCUT2D eigenvalue weighted by Crippen LogP contribution is 2.39. The second kappa shape index (κ2) is 8.40. The zero-order valence-electron chi connectivity index (χ0n) is 12.9. The summed E-state index contributed by atoms with van der Waals surface area (Å²) in [5, 5.41) is 4.34. The predicted molar refractivity (Wildman–Crippen MR) is 93.3 cm³/mol. The van der Waals surface area contributed by atoms with Crippen LogP contribution in [0.25, 0.3) is 0 Å². The highest BCUT2D eigenvalue weighted by atomic mass is 79.9. The van der Waals surface area contributed by atoms with Crippen molar-refractivity contribution in [2.24, 2.45) is 5.92 Å². The van der Waals surface area contributed by atoms with Crippen LogP contribution in [-0.4, -0.2) is 13.7 Å². The lowest BCUT2D eigenvalue weighted by atomic mass is 9.94. The van der Waals surface area contributed by atoms with Crippen molar-refractivity contribution in [1.82, 2.24) is 5.32 Å². The second-order valence-electron chi connectivity index (χ2n) is 5.85. The summed E-state index contributed by atoms with van der Waals surface area (Å²) < 4.78 is 6.51. The third kappa shape index (κ3) is 4.61. The number of halogens is 2. The van der Waals surface area contributed by atoms with E-state index in [4.69, 9.17) is 16.3 Å². The van der Waals surface area contributed by atoms with Crippen molar-refractivity contribution in [3.63, 3.8) is 0 Å². The molecule has 1 saturated carbocycles. The van der Waals surface area contributed by atoms with Crippen LogP contribution in [0, 0.1) is 5.92 Å². The molecule has 1 aromatic carbocycles. The highest BCUT2D eigenvalue weighted by Gasteiger charge is 2.21. The van der Waals surface area contributed by atoms with Crippen LogP contribution in [0.4, 0.5) is 0 Å². The van der Waals surface area contributed by atoms with Crippen molar-refractivity contribution in [1.29, 1.82) is 0 Å². The summed E-state index contributed by atoms with van der Waals surface area (Å²) in [7, 11) is 1.72. The third-order valence-corrected chi connectivity index (χ3v) is 5.21. The Balaban J connectivity index is 2.16. The molecule has 0 bridgehead atoms. The summed E-state index contributed by atoms with van der Waals surface area (Å²) in [5.74, 6) is 1.80. The van der Waals surface area contributed by atoms with Gasteiger partial charge in [0, 0.05) is 16.6 Å². The minimum atomic E-state index is 0.306. The minimum absolute atomic E-state index is 0.306. The maximum atomic E-state index is 6.24. The highest BCUT2D eigenvalue weighted by molar-refractivity contribution is 9.10. The van der Waals surface area contributed by atoms with E-state index in [0.29, 0.717) is 6.04 Å². The average Bonchev–Trinajstić information content (AvgIpc) is 2.96. The molecule has 0 aromatic heterocycles. The number of hydrogen-bond acceptors (Lipinski definition) is 2. The maximum Gasteiger partial charge on any atom is 0.137 e. The van der Waals surface area contributed by atoms with Gasteiger partial charge in [0.15, 0.2) is 0 Å². The first-order valence-corrected chi connectivity index (χ1v) is 9.09. The van der Waals surface area contributed by atoms with Gasteiger partial charge in [-0.05, 0) is 53.4 Å². The first-order chi connectivity index (χ1) is 10.2. The molecule has 4 heteroatoms. The molecule has 1 fully saturated rings. The first-order valence-electron chi connectivity index (χ1n) is 7.92. The molecule has 21 heavy (non-hydrogen) atoms. The van der Waals surface area contributed by atoms with E-state index in [1.165, 1.54) is 32.1 Å². The summed E-state index contributed by atoms with van der Waals surface area (Å²) in [6, 6.07) is 4.23. The molecule has 0 heterocycles. The molecule has 2 rings (SSSR count). The molecule has 0 spiro atoms. The molecule has 118 valence electrons. The fourth-order valence-corrected chi connectivity index (χ4v) is 4.37. The van der Waals surface area contributed by atoms with E-state index < -0.39 is 0 Å². The number of hydrogen-bond donors (Lipinski definition) is 1. The maximum absolute atomic E-state index is 6.24. The van der Waals surface area contributed by atoms with E-state index in [2.05, 4.69) is 28.2 Å². The fraction of sp³-hybridized carbons (Fsp3) is 0.647. The van der Waals surface area contributed by atoms with Gasteiger partial charge in [0.2, 0.25) is 0 Å². The molecule has 1 N–H and O–H groups in total. The zero-order chi connectivity index (χ0) is 15.2. The minimum Gasteiger partial charge on any atom is -0.495 e. The standard InChI is InChI=1S/C17H25BrClNO/c1-3-20-16(9-8-12-6-4-5-7-12)14-10-13(19)11-15(18)17(14)21-2/h10-12,16,20H,3-9H2,1-2H3. The van der Waals surface area contributed by atoms with E-state index >= 15 is 0 Å². The lowest BCUT2D eigenvalue weighted by Gasteiger charge is -2.23. The van der Waals surface area contributed by atoms with Crippen LogP contribution >= 0.6 is 27.5 Å². The summed E-state index contributed by atoms with van der Waals surface area (Å²) in [6.45, 7) is 3.09. The molecule has 0 radical (unpaired) electrons. The molecule has 1 aromatic rings. The SMILES string of the molecule is CCNC(CCC1CCCC1)c1cc(Cl)cc(Br)c1OC. The number of rotatable bonds is 7. The van der Waals surface area contributed by atoms with E-state index in [1.54, 1.807) is 7.11 Å². The van der Waals surface area contributed by atoms with Gasteiger partial charge < -0.3 is 10.1 Å². The Kier molecular flexibility index (Phi) is 6.84. The Bertz CT molecular complexity index is 460. The molecule has 0 aliphatic heterocycles. The van der Waals surface area contributed by atoms with Gasteiger partial charge in [-0.15, -0.1) is 0 Å². The van der Waals surface area contributed by atoms with Gasteiger partial charge >= 0.3 is 0 Å². The van der Waals surface area contributed by atoms with Crippen molar-refractivity contribution in [2.75, 3.05) is 13.7 Å². The number of ether oxygens (including phenoxy) is 1.